The molecule has 0 amide bonds. The molecule has 9 rings (SSSR count). The zero-order chi connectivity index (χ0) is 32.2. The van der Waals surface area contributed by atoms with Gasteiger partial charge in [-0.3, -0.25) is 0 Å². The lowest BCUT2D eigenvalue weighted by molar-refractivity contribution is 0.664. The van der Waals surface area contributed by atoms with E-state index in [9.17, 15) is 0 Å². The number of aryl methyl sites for hydroxylation is 2. The molecule has 0 aliphatic carbocycles. The minimum atomic E-state index is 0.979. The molecule has 0 unspecified atom stereocenters. The van der Waals surface area contributed by atoms with Crippen molar-refractivity contribution in [2.75, 3.05) is 0 Å². The first kappa shape index (κ1) is 28.8. The van der Waals surface area contributed by atoms with Crippen LogP contribution in [0.4, 0.5) is 0 Å². The quantitative estimate of drug-likeness (QED) is 0.160. The van der Waals surface area contributed by atoms with Gasteiger partial charge in [0.2, 0.25) is 0 Å². The van der Waals surface area contributed by atoms with E-state index in [-0.39, 0.29) is 0 Å². The van der Waals surface area contributed by atoms with E-state index in [0.29, 0.717) is 0 Å². The number of hydrogen-bond donors (Lipinski definition) is 0. The molecule has 0 aliphatic rings. The molecule has 7 aromatic carbocycles. The Morgan fingerprint density at radius 1 is 0.396 bits per heavy atom. The number of para-hydroxylation sites is 2. The molecule has 0 saturated carbocycles. The molecule has 0 radical (unpaired) electrons. The average molecular weight is 621 g/mol. The summed E-state index contributed by atoms with van der Waals surface area (Å²) in [6.45, 7) is 6.57. The number of fused-ring (bicyclic) bond motifs is 8. The molecular formula is C46H40N2. The topological polar surface area (TPSA) is 9.86 Å². The molecular weight excluding hydrogens is 581 g/mol. The molecule has 48 heavy (non-hydrogen) atoms. The number of nitrogens with zero attached hydrogens (tertiary/aromatic N) is 2. The number of benzene rings is 7. The number of unbranched alkanes of at least 4 members (excludes halogenated alkanes) is 2. The molecule has 0 fully saturated rings. The Hall–Kier alpha value is -5.34. The third-order valence-corrected chi connectivity index (χ3v) is 10.5. The zero-order valence-electron chi connectivity index (χ0n) is 27.8. The van der Waals surface area contributed by atoms with E-state index in [1.807, 2.05) is 0 Å². The van der Waals surface area contributed by atoms with Crippen molar-refractivity contribution in [3.63, 3.8) is 0 Å². The number of hydrogen-bond acceptors (Lipinski definition) is 0. The van der Waals surface area contributed by atoms with Crippen LogP contribution in [0.1, 0.15) is 39.5 Å². The van der Waals surface area contributed by atoms with Crippen LogP contribution in [0.5, 0.6) is 0 Å². The van der Waals surface area contributed by atoms with Gasteiger partial charge in [-0.2, -0.15) is 0 Å². The predicted octanol–water partition coefficient (Wildman–Crippen LogP) is 13.1. The van der Waals surface area contributed by atoms with Gasteiger partial charge in [-0.15, -0.1) is 0 Å². The van der Waals surface area contributed by atoms with Gasteiger partial charge in [0.1, 0.15) is 0 Å². The second-order valence-corrected chi connectivity index (χ2v) is 13.3. The minimum absolute atomic E-state index is 0.979. The van der Waals surface area contributed by atoms with Crippen molar-refractivity contribution in [2.24, 2.45) is 0 Å². The average Bonchev–Trinajstić information content (AvgIpc) is 3.64. The van der Waals surface area contributed by atoms with Crippen molar-refractivity contribution in [1.29, 1.82) is 0 Å². The van der Waals surface area contributed by atoms with E-state index in [0.717, 1.165) is 38.8 Å². The summed E-state index contributed by atoms with van der Waals surface area (Å²) in [6.07, 6.45) is 4.55. The molecule has 0 saturated heterocycles. The fourth-order valence-electron chi connectivity index (χ4n) is 8.38. The Morgan fingerprint density at radius 3 is 1.21 bits per heavy atom. The van der Waals surface area contributed by atoms with E-state index in [4.69, 9.17) is 0 Å². The van der Waals surface area contributed by atoms with Crippen molar-refractivity contribution >= 4 is 65.2 Å². The fraction of sp³-hybridized carbons (Fsp3) is 0.174. The van der Waals surface area contributed by atoms with Crippen LogP contribution in [0.2, 0.25) is 0 Å². The van der Waals surface area contributed by atoms with Crippen molar-refractivity contribution < 1.29 is 0 Å². The first-order chi connectivity index (χ1) is 23.8. The largest absolute Gasteiger partial charge is 0.340 e. The van der Waals surface area contributed by atoms with Crippen molar-refractivity contribution in [2.45, 2.75) is 52.6 Å². The van der Waals surface area contributed by atoms with Crippen LogP contribution in [0.3, 0.4) is 0 Å². The zero-order valence-corrected chi connectivity index (χ0v) is 27.8. The number of aromatic nitrogens is 2. The summed E-state index contributed by atoms with van der Waals surface area (Å²) < 4.78 is 5.33. The van der Waals surface area contributed by atoms with Crippen LogP contribution >= 0.6 is 0 Å². The highest BCUT2D eigenvalue weighted by Gasteiger charge is 2.28. The van der Waals surface area contributed by atoms with Gasteiger partial charge in [0.25, 0.3) is 0 Å². The highest BCUT2D eigenvalue weighted by atomic mass is 15.0. The Kier molecular flexibility index (Phi) is 7.04. The van der Waals surface area contributed by atoms with Crippen LogP contribution in [0, 0.1) is 0 Å². The van der Waals surface area contributed by atoms with E-state index in [2.05, 4.69) is 156 Å². The first-order valence-corrected chi connectivity index (χ1v) is 17.7. The highest BCUT2D eigenvalue weighted by Crippen LogP contribution is 2.52. The minimum Gasteiger partial charge on any atom is -0.340 e. The maximum Gasteiger partial charge on any atom is 0.0585 e. The summed E-state index contributed by atoms with van der Waals surface area (Å²) >= 11 is 0. The summed E-state index contributed by atoms with van der Waals surface area (Å²) in [7, 11) is 0. The predicted molar refractivity (Wildman–Crippen MR) is 208 cm³/mol. The van der Waals surface area contributed by atoms with Crippen LogP contribution in [0.15, 0.2) is 133 Å². The summed E-state index contributed by atoms with van der Waals surface area (Å²) in [4.78, 5) is 0. The normalized spacial score (nSPS) is 12.0. The molecule has 0 aliphatic heterocycles. The smallest absolute Gasteiger partial charge is 0.0585 e. The molecule has 0 bridgehead atoms. The molecule has 2 heteroatoms. The standard InChI is InChI=1S/C46H40N2/c1-3-5-29-47-39-27-13-11-23-37(39)43-42(36-26-16-20-32-18-8-10-22-34(32)36)46-44(38-24-12-14-28-40(38)48(46)30-6-4-2)41(45(43)47)35-25-15-19-31-17-7-9-21-33(31)35/h7-28H,3-6,29-30H2,1-2H3. The lowest BCUT2D eigenvalue weighted by Gasteiger charge is -2.20. The van der Waals surface area contributed by atoms with Gasteiger partial charge in [0.15, 0.2) is 0 Å². The number of rotatable bonds is 8. The van der Waals surface area contributed by atoms with Crippen LogP contribution in [0.25, 0.3) is 87.4 Å². The Labute approximate surface area is 281 Å². The second-order valence-electron chi connectivity index (χ2n) is 13.3. The molecule has 2 heterocycles. The summed E-state index contributed by atoms with van der Waals surface area (Å²) in [5, 5.41) is 10.6. The third kappa shape index (κ3) is 4.25. The highest BCUT2D eigenvalue weighted by molar-refractivity contribution is 6.34. The maximum absolute atomic E-state index is 2.66. The molecule has 0 spiro atoms. The second kappa shape index (κ2) is 11.7. The van der Waals surface area contributed by atoms with Gasteiger partial charge in [0, 0.05) is 56.8 Å². The SMILES string of the molecule is CCCCn1c2ccccc2c2c(-c3cccc4ccccc34)c3c(c(-c4cccc5ccccc45)c21)c1ccccc1n3CCCC. The van der Waals surface area contributed by atoms with Crippen molar-refractivity contribution in [1.82, 2.24) is 9.13 Å². The van der Waals surface area contributed by atoms with Gasteiger partial charge in [0.05, 0.1) is 11.0 Å². The molecule has 0 atom stereocenters. The van der Waals surface area contributed by atoms with Gasteiger partial charge in [-0.05, 0) is 57.6 Å². The van der Waals surface area contributed by atoms with Gasteiger partial charge < -0.3 is 9.13 Å². The fourth-order valence-corrected chi connectivity index (χ4v) is 8.38. The van der Waals surface area contributed by atoms with Gasteiger partial charge >= 0.3 is 0 Å². The van der Waals surface area contributed by atoms with E-state index < -0.39 is 0 Å². The van der Waals surface area contributed by atoms with Crippen molar-refractivity contribution in [3.05, 3.63) is 133 Å². The Morgan fingerprint density at radius 2 is 0.771 bits per heavy atom. The molecule has 2 nitrogen and oxygen atoms in total. The third-order valence-electron chi connectivity index (χ3n) is 10.5. The molecule has 2 aromatic heterocycles. The molecule has 0 N–H and O–H groups in total. The van der Waals surface area contributed by atoms with E-state index in [1.54, 1.807) is 0 Å². The maximum atomic E-state index is 2.66. The van der Waals surface area contributed by atoms with Gasteiger partial charge in [-0.25, -0.2) is 0 Å². The monoisotopic (exact) mass is 620 g/mol. The van der Waals surface area contributed by atoms with Crippen LogP contribution in [-0.4, -0.2) is 9.13 Å². The lowest BCUT2D eigenvalue weighted by Crippen LogP contribution is -2.02. The van der Waals surface area contributed by atoms with Crippen LogP contribution in [-0.2, 0) is 13.1 Å². The van der Waals surface area contributed by atoms with Crippen LogP contribution < -0.4 is 0 Å². The van der Waals surface area contributed by atoms with E-state index in [1.165, 1.54) is 87.4 Å². The molecule has 234 valence electrons. The summed E-state index contributed by atoms with van der Waals surface area (Å²) in [5.74, 6) is 0. The Bertz CT molecular complexity index is 2450. The first-order valence-electron chi connectivity index (χ1n) is 17.7. The summed E-state index contributed by atoms with van der Waals surface area (Å²) in [6, 6.07) is 49.9. The Balaban J connectivity index is 1.64. The summed E-state index contributed by atoms with van der Waals surface area (Å²) in [5.41, 5.74) is 10.7. The molecule has 9 aromatic rings. The van der Waals surface area contributed by atoms with Crippen molar-refractivity contribution in [3.8, 4) is 22.3 Å². The lowest BCUT2D eigenvalue weighted by atomic mass is 9.87. The van der Waals surface area contributed by atoms with E-state index >= 15 is 0 Å². The van der Waals surface area contributed by atoms with Gasteiger partial charge in [-0.1, -0.05) is 148 Å².